The van der Waals surface area contributed by atoms with Crippen molar-refractivity contribution in [1.29, 1.82) is 0 Å². The van der Waals surface area contributed by atoms with Gasteiger partial charge in [-0.2, -0.15) is 9.40 Å². The fraction of sp³-hybridized carbons (Fsp3) is 0.333. The standard InChI is InChI=1S/C24H28FN9O3S/c1-16-14-20(30-29-16)26-23-19-4-3-9-34(19)31-24(28-23)22(17-5-7-18(25)8-6-17)27-21(35)15-32-10-12-33(13-11-32)38(2,36)37/h3-9,14,22H,10-13,15H2,1-2H3,(H,27,35)(H2,26,28,29,30,31). The van der Waals surface area contributed by atoms with Crippen LogP contribution >= 0.6 is 0 Å². The van der Waals surface area contributed by atoms with Crippen LogP contribution in [0.2, 0.25) is 0 Å². The minimum atomic E-state index is -3.27. The average molecular weight is 542 g/mol. The van der Waals surface area contributed by atoms with Crippen molar-refractivity contribution in [3.05, 3.63) is 71.6 Å². The molecular formula is C24H28FN9O3S. The van der Waals surface area contributed by atoms with Gasteiger partial charge in [0.05, 0.1) is 12.8 Å². The number of halogens is 1. The monoisotopic (exact) mass is 541 g/mol. The number of aryl methyl sites for hydroxylation is 1. The van der Waals surface area contributed by atoms with Crippen molar-refractivity contribution in [1.82, 2.24) is 39.3 Å². The topological polar surface area (TPSA) is 141 Å². The number of fused-ring (bicyclic) bond motifs is 1. The van der Waals surface area contributed by atoms with E-state index in [1.807, 2.05) is 30.0 Å². The summed E-state index contributed by atoms with van der Waals surface area (Å²) in [5, 5.41) is 17.9. The highest BCUT2D eigenvalue weighted by atomic mass is 32.2. The van der Waals surface area contributed by atoms with Crippen molar-refractivity contribution >= 4 is 33.1 Å². The largest absolute Gasteiger partial charge is 0.341 e. The number of aromatic amines is 1. The van der Waals surface area contributed by atoms with Gasteiger partial charge in [-0.25, -0.2) is 22.3 Å². The lowest BCUT2D eigenvalue weighted by atomic mass is 10.1. The number of hydrogen-bond acceptors (Lipinski definition) is 8. The highest BCUT2D eigenvalue weighted by Gasteiger charge is 2.27. The van der Waals surface area contributed by atoms with E-state index >= 15 is 0 Å². The number of anilines is 2. The van der Waals surface area contributed by atoms with Gasteiger partial charge in [-0.15, -0.1) is 5.10 Å². The summed E-state index contributed by atoms with van der Waals surface area (Å²) in [6.45, 7) is 3.47. The second-order valence-electron chi connectivity index (χ2n) is 9.21. The van der Waals surface area contributed by atoms with E-state index < -0.39 is 21.9 Å². The second kappa shape index (κ2) is 10.5. The summed E-state index contributed by atoms with van der Waals surface area (Å²) in [5.41, 5.74) is 2.19. The summed E-state index contributed by atoms with van der Waals surface area (Å²) in [6, 6.07) is 10.6. The van der Waals surface area contributed by atoms with Crippen LogP contribution in [0.15, 0.2) is 48.7 Å². The smallest absolute Gasteiger partial charge is 0.235 e. The summed E-state index contributed by atoms with van der Waals surface area (Å²) >= 11 is 0. The van der Waals surface area contributed by atoms with Gasteiger partial charge >= 0.3 is 0 Å². The number of hydrogen-bond donors (Lipinski definition) is 3. The maximum atomic E-state index is 13.7. The molecule has 0 radical (unpaired) electrons. The molecule has 14 heteroatoms. The highest BCUT2D eigenvalue weighted by Crippen LogP contribution is 2.25. The van der Waals surface area contributed by atoms with Gasteiger partial charge in [-0.05, 0) is 36.8 Å². The molecule has 3 aromatic heterocycles. The van der Waals surface area contributed by atoms with Crippen LogP contribution in [0.1, 0.15) is 23.1 Å². The first-order chi connectivity index (χ1) is 18.2. The van der Waals surface area contributed by atoms with Crippen LogP contribution in [-0.2, 0) is 14.8 Å². The molecule has 0 bridgehead atoms. The van der Waals surface area contributed by atoms with Gasteiger partial charge in [0, 0.05) is 44.1 Å². The second-order valence-corrected chi connectivity index (χ2v) is 11.2. The fourth-order valence-corrected chi connectivity index (χ4v) is 5.18. The molecule has 12 nitrogen and oxygen atoms in total. The lowest BCUT2D eigenvalue weighted by molar-refractivity contribution is -0.123. The summed E-state index contributed by atoms with van der Waals surface area (Å²) in [7, 11) is -3.27. The van der Waals surface area contributed by atoms with Gasteiger partial charge in [0.2, 0.25) is 15.9 Å². The van der Waals surface area contributed by atoms with Crippen molar-refractivity contribution in [2.75, 3.05) is 44.3 Å². The summed E-state index contributed by atoms with van der Waals surface area (Å²) in [6.07, 6.45) is 2.95. The van der Waals surface area contributed by atoms with Gasteiger partial charge in [-0.3, -0.25) is 14.8 Å². The number of sulfonamides is 1. The number of nitrogens with zero attached hydrogens (tertiary/aromatic N) is 6. The molecule has 0 saturated carbocycles. The number of carbonyl (C=O) groups excluding carboxylic acids is 1. The average Bonchev–Trinajstić information content (AvgIpc) is 3.52. The van der Waals surface area contributed by atoms with Crippen molar-refractivity contribution in [2.24, 2.45) is 0 Å². The molecule has 1 aliphatic rings. The normalized spacial score (nSPS) is 16.0. The zero-order chi connectivity index (χ0) is 26.9. The molecule has 1 fully saturated rings. The molecule has 1 atom stereocenters. The molecule has 0 spiro atoms. The third-order valence-electron chi connectivity index (χ3n) is 6.29. The Morgan fingerprint density at radius 1 is 1.16 bits per heavy atom. The van der Waals surface area contributed by atoms with Crippen molar-refractivity contribution < 1.29 is 17.6 Å². The molecule has 0 aliphatic carbocycles. The third kappa shape index (κ3) is 5.82. The highest BCUT2D eigenvalue weighted by molar-refractivity contribution is 7.88. The van der Waals surface area contributed by atoms with E-state index in [4.69, 9.17) is 4.98 Å². The molecule has 1 amide bonds. The molecule has 200 valence electrons. The molecule has 38 heavy (non-hydrogen) atoms. The number of piperazine rings is 1. The van der Waals surface area contributed by atoms with E-state index in [0.29, 0.717) is 54.7 Å². The van der Waals surface area contributed by atoms with Crippen molar-refractivity contribution in [3.8, 4) is 0 Å². The number of aromatic nitrogens is 5. The van der Waals surface area contributed by atoms with Crippen LogP contribution in [-0.4, -0.2) is 87.3 Å². The summed E-state index contributed by atoms with van der Waals surface area (Å²) in [4.78, 5) is 19.8. The zero-order valence-electron chi connectivity index (χ0n) is 20.9. The van der Waals surface area contributed by atoms with E-state index in [9.17, 15) is 17.6 Å². The molecule has 1 saturated heterocycles. The maximum Gasteiger partial charge on any atom is 0.235 e. The Kier molecular flexibility index (Phi) is 7.10. The lowest BCUT2D eigenvalue weighted by Crippen LogP contribution is -2.51. The molecule has 3 N–H and O–H groups in total. The van der Waals surface area contributed by atoms with Crippen LogP contribution in [0.25, 0.3) is 5.52 Å². The Morgan fingerprint density at radius 2 is 1.89 bits per heavy atom. The van der Waals surface area contributed by atoms with Gasteiger partial charge < -0.3 is 10.6 Å². The first-order valence-corrected chi connectivity index (χ1v) is 13.9. The predicted octanol–water partition coefficient (Wildman–Crippen LogP) is 1.43. The number of carbonyl (C=O) groups is 1. The molecule has 1 aromatic carbocycles. The van der Waals surface area contributed by atoms with Crippen LogP contribution in [0.4, 0.5) is 16.0 Å². The molecule has 1 unspecified atom stereocenters. The van der Waals surface area contributed by atoms with Gasteiger partial charge in [0.25, 0.3) is 0 Å². The molecule has 4 heterocycles. The Hall–Kier alpha value is -3.88. The number of amides is 1. The van der Waals surface area contributed by atoms with Gasteiger partial charge in [0.15, 0.2) is 17.5 Å². The SMILES string of the molecule is Cc1cc(Nc2nc(C(NC(=O)CN3CCN(S(C)(=O)=O)CC3)c3ccc(F)cc3)nn3cccc23)n[nH]1. The van der Waals surface area contributed by atoms with Crippen LogP contribution < -0.4 is 10.6 Å². The number of rotatable bonds is 8. The van der Waals surface area contributed by atoms with Crippen molar-refractivity contribution in [3.63, 3.8) is 0 Å². The number of H-pyrrole nitrogens is 1. The first kappa shape index (κ1) is 25.8. The molecule has 4 aromatic rings. The Labute approximate surface area is 218 Å². The van der Waals surface area contributed by atoms with E-state index in [0.717, 1.165) is 5.69 Å². The molecular weight excluding hydrogens is 513 g/mol. The Bertz CT molecular complexity index is 1540. The third-order valence-corrected chi connectivity index (χ3v) is 7.60. The first-order valence-electron chi connectivity index (χ1n) is 12.0. The Balaban J connectivity index is 1.41. The van der Waals surface area contributed by atoms with E-state index in [-0.39, 0.29) is 12.5 Å². The minimum Gasteiger partial charge on any atom is -0.341 e. The lowest BCUT2D eigenvalue weighted by Gasteiger charge is -2.33. The van der Waals surface area contributed by atoms with Gasteiger partial charge in [-0.1, -0.05) is 12.1 Å². The minimum absolute atomic E-state index is 0.0682. The predicted molar refractivity (Wildman–Crippen MR) is 139 cm³/mol. The molecule has 5 rings (SSSR count). The van der Waals surface area contributed by atoms with Crippen LogP contribution in [0.5, 0.6) is 0 Å². The Morgan fingerprint density at radius 3 is 2.55 bits per heavy atom. The zero-order valence-corrected chi connectivity index (χ0v) is 21.7. The fourth-order valence-electron chi connectivity index (χ4n) is 4.35. The summed E-state index contributed by atoms with van der Waals surface area (Å²) < 4.78 is 40.4. The summed E-state index contributed by atoms with van der Waals surface area (Å²) in [5.74, 6) is 0.669. The van der Waals surface area contributed by atoms with Crippen molar-refractivity contribution in [2.45, 2.75) is 13.0 Å². The maximum absolute atomic E-state index is 13.7. The number of benzene rings is 1. The quantitative estimate of drug-likeness (QED) is 0.304. The van der Waals surface area contributed by atoms with E-state index in [1.165, 1.54) is 22.7 Å². The van der Waals surface area contributed by atoms with Crippen LogP contribution in [0.3, 0.4) is 0 Å². The van der Waals surface area contributed by atoms with E-state index in [1.54, 1.807) is 22.8 Å². The van der Waals surface area contributed by atoms with Gasteiger partial charge in [0.1, 0.15) is 17.4 Å². The molecule has 1 aliphatic heterocycles. The number of nitrogens with one attached hydrogen (secondary N) is 3. The van der Waals surface area contributed by atoms with Crippen LogP contribution in [0, 0.1) is 12.7 Å². The van der Waals surface area contributed by atoms with E-state index in [2.05, 4.69) is 25.9 Å².